The number of nitrogens with zero attached hydrogens (tertiary/aromatic N) is 3. The fourth-order valence-corrected chi connectivity index (χ4v) is 3.36. The molecule has 2 N–H and O–H groups in total. The van der Waals surface area contributed by atoms with Crippen molar-refractivity contribution in [3.8, 4) is 5.69 Å². The zero-order valence-electron chi connectivity index (χ0n) is 13.4. The third-order valence-corrected chi connectivity index (χ3v) is 4.72. The maximum Gasteiger partial charge on any atom is 0.280 e. The number of nitrogens with one attached hydrogen (secondary N) is 2. The number of H-pyrrole nitrogens is 1. The number of aromatic amines is 1. The lowest BCUT2D eigenvalue weighted by atomic mass is 10.3. The molecule has 0 aliphatic rings. The smallest absolute Gasteiger partial charge is 0.280 e. The Kier molecular flexibility index (Phi) is 3.91. The van der Waals surface area contributed by atoms with E-state index < -0.39 is 0 Å². The van der Waals surface area contributed by atoms with Crippen LogP contribution in [0.5, 0.6) is 0 Å². The number of para-hydroxylation sites is 2. The SMILES string of the molecule is Cc1[nH]n(-c2ccccc2)c(=O)c1C=NNc1nc2ccccc2s1. The van der Waals surface area contributed by atoms with Crippen LogP contribution in [-0.2, 0) is 0 Å². The average Bonchev–Trinajstić information content (AvgIpc) is 3.17. The normalized spacial score (nSPS) is 11.4. The largest absolute Gasteiger partial charge is 0.295 e. The summed E-state index contributed by atoms with van der Waals surface area (Å²) in [6.07, 6.45) is 1.53. The van der Waals surface area contributed by atoms with Gasteiger partial charge in [-0.3, -0.25) is 15.3 Å². The lowest BCUT2D eigenvalue weighted by molar-refractivity contribution is 0.835. The third kappa shape index (κ3) is 2.97. The first kappa shape index (κ1) is 15.3. The molecule has 0 unspecified atom stereocenters. The molecule has 25 heavy (non-hydrogen) atoms. The molecule has 2 aromatic carbocycles. The minimum absolute atomic E-state index is 0.140. The first-order valence-electron chi connectivity index (χ1n) is 7.74. The van der Waals surface area contributed by atoms with E-state index in [9.17, 15) is 4.79 Å². The van der Waals surface area contributed by atoms with Gasteiger partial charge in [0.15, 0.2) is 0 Å². The first-order chi connectivity index (χ1) is 12.2. The Hall–Kier alpha value is -3.19. The monoisotopic (exact) mass is 349 g/mol. The van der Waals surface area contributed by atoms with Gasteiger partial charge in [-0.1, -0.05) is 41.7 Å². The molecule has 2 heterocycles. The van der Waals surface area contributed by atoms with E-state index in [1.54, 1.807) is 0 Å². The maximum atomic E-state index is 12.6. The van der Waals surface area contributed by atoms with Gasteiger partial charge in [0.2, 0.25) is 5.13 Å². The molecule has 0 amide bonds. The summed E-state index contributed by atoms with van der Waals surface area (Å²) in [6, 6.07) is 17.3. The minimum atomic E-state index is -0.140. The topological polar surface area (TPSA) is 75.1 Å². The van der Waals surface area contributed by atoms with E-state index in [1.807, 2.05) is 61.5 Å². The number of hydrogen-bond donors (Lipinski definition) is 2. The van der Waals surface area contributed by atoms with E-state index in [-0.39, 0.29) is 5.56 Å². The van der Waals surface area contributed by atoms with Crippen LogP contribution in [0.15, 0.2) is 64.5 Å². The Morgan fingerprint density at radius 2 is 1.92 bits per heavy atom. The molecular formula is C18H15N5OS. The van der Waals surface area contributed by atoms with E-state index in [0.717, 1.165) is 21.6 Å². The highest BCUT2D eigenvalue weighted by atomic mass is 32.1. The van der Waals surface area contributed by atoms with E-state index in [0.29, 0.717) is 10.7 Å². The van der Waals surface area contributed by atoms with E-state index in [2.05, 4.69) is 20.6 Å². The average molecular weight is 349 g/mol. The Labute approximate surface area is 147 Å². The molecule has 0 bridgehead atoms. The Morgan fingerprint density at radius 3 is 2.72 bits per heavy atom. The van der Waals surface area contributed by atoms with Crippen molar-refractivity contribution in [2.24, 2.45) is 5.10 Å². The van der Waals surface area contributed by atoms with Gasteiger partial charge in [0.1, 0.15) is 0 Å². The highest BCUT2D eigenvalue weighted by Gasteiger charge is 2.10. The lowest BCUT2D eigenvalue weighted by Gasteiger charge is -1.99. The molecular weight excluding hydrogens is 334 g/mol. The van der Waals surface area contributed by atoms with E-state index in [4.69, 9.17) is 0 Å². The van der Waals surface area contributed by atoms with Crippen molar-refractivity contribution in [2.45, 2.75) is 6.92 Å². The summed E-state index contributed by atoms with van der Waals surface area (Å²) in [5.74, 6) is 0. The molecule has 0 fully saturated rings. The Bertz CT molecular complexity index is 1070. The number of anilines is 1. The summed E-state index contributed by atoms with van der Waals surface area (Å²) in [7, 11) is 0. The van der Waals surface area contributed by atoms with Crippen molar-refractivity contribution in [1.82, 2.24) is 14.8 Å². The zero-order valence-corrected chi connectivity index (χ0v) is 14.2. The number of aromatic nitrogens is 3. The molecule has 0 saturated carbocycles. The molecule has 0 atom stereocenters. The predicted octanol–water partition coefficient (Wildman–Crippen LogP) is 3.53. The summed E-state index contributed by atoms with van der Waals surface area (Å²) >= 11 is 1.52. The minimum Gasteiger partial charge on any atom is -0.295 e. The second-order valence-corrected chi connectivity index (χ2v) is 6.51. The summed E-state index contributed by atoms with van der Waals surface area (Å²) in [6.45, 7) is 1.85. The van der Waals surface area contributed by atoms with Gasteiger partial charge < -0.3 is 0 Å². The molecule has 0 saturated heterocycles. The summed E-state index contributed by atoms with van der Waals surface area (Å²) < 4.78 is 2.60. The molecule has 6 nitrogen and oxygen atoms in total. The van der Waals surface area contributed by atoms with Crippen LogP contribution in [0.4, 0.5) is 5.13 Å². The third-order valence-electron chi connectivity index (χ3n) is 3.78. The van der Waals surface area contributed by atoms with E-state index >= 15 is 0 Å². The fraction of sp³-hybridized carbons (Fsp3) is 0.0556. The quantitative estimate of drug-likeness (QED) is 0.437. The molecule has 7 heteroatoms. The lowest BCUT2D eigenvalue weighted by Crippen LogP contribution is -2.17. The molecule has 2 aromatic heterocycles. The van der Waals surface area contributed by atoms with Gasteiger partial charge in [-0.25, -0.2) is 9.67 Å². The number of hydrogen-bond acceptors (Lipinski definition) is 5. The molecule has 0 aliphatic carbocycles. The van der Waals surface area contributed by atoms with Gasteiger partial charge in [-0.15, -0.1) is 0 Å². The van der Waals surface area contributed by atoms with Crippen molar-refractivity contribution in [1.29, 1.82) is 0 Å². The van der Waals surface area contributed by atoms with Crippen molar-refractivity contribution >= 4 is 32.9 Å². The number of aryl methyl sites for hydroxylation is 1. The number of benzene rings is 2. The van der Waals surface area contributed by atoms with Crippen LogP contribution in [-0.4, -0.2) is 21.0 Å². The molecule has 124 valence electrons. The number of rotatable bonds is 4. The number of thiazole rings is 1. The van der Waals surface area contributed by atoms with Crippen LogP contribution in [0.2, 0.25) is 0 Å². The van der Waals surface area contributed by atoms with Gasteiger partial charge in [-0.05, 0) is 31.2 Å². The van der Waals surface area contributed by atoms with Crippen LogP contribution in [0.1, 0.15) is 11.3 Å². The molecule has 4 rings (SSSR count). The van der Waals surface area contributed by atoms with Gasteiger partial charge in [0.05, 0.1) is 27.7 Å². The van der Waals surface area contributed by atoms with Crippen molar-refractivity contribution < 1.29 is 0 Å². The molecule has 4 aromatic rings. The highest BCUT2D eigenvalue weighted by Crippen LogP contribution is 2.25. The zero-order chi connectivity index (χ0) is 17.2. The first-order valence-corrected chi connectivity index (χ1v) is 8.56. The fourth-order valence-electron chi connectivity index (χ4n) is 2.54. The van der Waals surface area contributed by atoms with Gasteiger partial charge >= 0.3 is 0 Å². The second kappa shape index (κ2) is 6.37. The van der Waals surface area contributed by atoms with Crippen LogP contribution in [0.3, 0.4) is 0 Å². The predicted molar refractivity (Wildman–Crippen MR) is 102 cm³/mol. The van der Waals surface area contributed by atoms with E-state index in [1.165, 1.54) is 22.2 Å². The van der Waals surface area contributed by atoms with Crippen LogP contribution >= 0.6 is 11.3 Å². The summed E-state index contributed by atoms with van der Waals surface area (Å²) in [5, 5.41) is 7.94. The number of fused-ring (bicyclic) bond motifs is 1. The van der Waals surface area contributed by atoms with Crippen LogP contribution in [0, 0.1) is 6.92 Å². The summed E-state index contributed by atoms with van der Waals surface area (Å²) in [5.41, 5.74) is 5.74. The Morgan fingerprint density at radius 1 is 1.16 bits per heavy atom. The van der Waals surface area contributed by atoms with Crippen molar-refractivity contribution in [3.63, 3.8) is 0 Å². The number of hydrazone groups is 1. The molecule has 0 spiro atoms. The van der Waals surface area contributed by atoms with Crippen LogP contribution in [0.25, 0.3) is 15.9 Å². The van der Waals surface area contributed by atoms with Gasteiger partial charge in [-0.2, -0.15) is 5.10 Å². The maximum absolute atomic E-state index is 12.6. The molecule has 0 radical (unpaired) electrons. The Balaban J connectivity index is 1.59. The van der Waals surface area contributed by atoms with Crippen molar-refractivity contribution in [3.05, 3.63) is 76.2 Å². The molecule has 0 aliphatic heterocycles. The summed E-state index contributed by atoms with van der Waals surface area (Å²) in [4.78, 5) is 17.0. The standard InChI is InChI=1S/C18H15N5OS/c1-12-14(17(24)23(22-12)13-7-3-2-4-8-13)11-19-21-18-20-15-9-5-6-10-16(15)25-18/h2-11,22H,1H3,(H,20,21). The van der Waals surface area contributed by atoms with Gasteiger partial charge in [0, 0.05) is 5.69 Å². The highest BCUT2D eigenvalue weighted by molar-refractivity contribution is 7.22. The second-order valence-electron chi connectivity index (χ2n) is 5.48. The van der Waals surface area contributed by atoms with Crippen molar-refractivity contribution in [2.75, 3.05) is 5.43 Å². The van der Waals surface area contributed by atoms with Gasteiger partial charge in [0.25, 0.3) is 5.56 Å². The van der Waals surface area contributed by atoms with Crippen LogP contribution < -0.4 is 11.0 Å².